The van der Waals surface area contributed by atoms with Gasteiger partial charge >= 0.3 is 0 Å². The third kappa shape index (κ3) is 6.33. The van der Waals surface area contributed by atoms with Gasteiger partial charge in [0.25, 0.3) is 0 Å². The summed E-state index contributed by atoms with van der Waals surface area (Å²) in [6, 6.07) is 1.81. The Morgan fingerprint density at radius 2 is 1.96 bits per heavy atom. The molecule has 1 aromatic heterocycles. The van der Waals surface area contributed by atoms with Crippen molar-refractivity contribution in [2.75, 3.05) is 19.6 Å². The van der Waals surface area contributed by atoms with Gasteiger partial charge in [-0.2, -0.15) is 0 Å². The zero-order chi connectivity index (χ0) is 16.8. The molecule has 2 rings (SSSR count). The first kappa shape index (κ1) is 21.4. The summed E-state index contributed by atoms with van der Waals surface area (Å²) in [5.41, 5.74) is 0.930. The van der Waals surface area contributed by atoms with Crippen LogP contribution >= 0.6 is 47.2 Å². The first-order chi connectivity index (χ1) is 11.0. The summed E-state index contributed by atoms with van der Waals surface area (Å²) in [7, 11) is 1.85. The molecule has 1 aliphatic rings. The third-order valence-corrected chi connectivity index (χ3v) is 4.47. The number of carbonyl (C=O) groups excluding carboxylic acids is 1. The van der Waals surface area contributed by atoms with E-state index in [1.165, 1.54) is 0 Å². The van der Waals surface area contributed by atoms with E-state index < -0.39 is 0 Å². The van der Waals surface area contributed by atoms with Gasteiger partial charge in [0, 0.05) is 38.3 Å². The highest BCUT2D eigenvalue weighted by molar-refractivity contribution is 14.0. The predicted molar refractivity (Wildman–Crippen MR) is 109 cm³/mol. The average Bonchev–Trinajstić information content (AvgIpc) is 3.34. The molecule has 0 atom stereocenters. The summed E-state index contributed by atoms with van der Waals surface area (Å²) in [5, 5.41) is 10.3. The van der Waals surface area contributed by atoms with Crippen molar-refractivity contribution in [1.29, 1.82) is 0 Å². The van der Waals surface area contributed by atoms with Crippen LogP contribution in [-0.2, 0) is 18.4 Å². The number of nitrogens with one attached hydrogen (secondary N) is 3. The van der Waals surface area contributed by atoms with E-state index in [0.29, 0.717) is 35.8 Å². The van der Waals surface area contributed by atoms with Crippen LogP contribution in [0.1, 0.15) is 25.5 Å². The lowest BCUT2D eigenvalue weighted by atomic mass is 10.4. The molecule has 0 spiro atoms. The monoisotopic (exact) mass is 487 g/mol. The van der Waals surface area contributed by atoms with E-state index in [9.17, 15) is 4.79 Å². The summed E-state index contributed by atoms with van der Waals surface area (Å²) >= 11 is 12.0. The number of aliphatic imine (C=N–C) groups is 1. The smallest absolute Gasteiger partial charge is 0.223 e. The van der Waals surface area contributed by atoms with Crippen molar-refractivity contribution in [3.05, 3.63) is 21.9 Å². The maximum atomic E-state index is 11.5. The van der Waals surface area contributed by atoms with Crippen LogP contribution in [0, 0.1) is 5.92 Å². The minimum atomic E-state index is 0. The molecule has 1 aromatic rings. The van der Waals surface area contributed by atoms with Gasteiger partial charge in [-0.15, -0.1) is 24.0 Å². The number of nitrogens with zero attached hydrogens (tertiary/aromatic N) is 2. The van der Waals surface area contributed by atoms with Crippen LogP contribution < -0.4 is 16.0 Å². The average molecular weight is 488 g/mol. The molecule has 1 amide bonds. The van der Waals surface area contributed by atoms with E-state index in [-0.39, 0.29) is 35.8 Å². The molecule has 0 radical (unpaired) electrons. The van der Waals surface area contributed by atoms with E-state index >= 15 is 0 Å². The SMILES string of the molecule is CCNC(=NCc1cc(Cl)c(Cl)n1C)NCCNC(=O)C1CC1.I. The molecule has 0 aromatic carbocycles. The molecule has 0 bridgehead atoms. The fourth-order valence-corrected chi connectivity index (χ4v) is 2.51. The van der Waals surface area contributed by atoms with Crippen LogP contribution in [0.5, 0.6) is 0 Å². The molecule has 1 saturated carbocycles. The van der Waals surface area contributed by atoms with Crippen LogP contribution in [0.2, 0.25) is 10.2 Å². The summed E-state index contributed by atoms with van der Waals surface area (Å²) in [6.07, 6.45) is 2.04. The third-order valence-electron chi connectivity index (χ3n) is 3.62. The Bertz CT molecular complexity index is 587. The van der Waals surface area contributed by atoms with E-state index in [1.807, 2.05) is 24.6 Å². The summed E-state index contributed by atoms with van der Waals surface area (Å²) in [4.78, 5) is 16.1. The molecule has 3 N–H and O–H groups in total. The number of halogens is 3. The standard InChI is InChI=1S/C15H23Cl2N5O.HI/c1-3-18-15(20-7-6-19-14(23)10-4-5-10)21-9-11-8-12(16)13(17)22(11)2;/h8,10H,3-7,9H2,1-2H3,(H,19,23)(H2,18,20,21);1H. The van der Waals surface area contributed by atoms with Crippen LogP contribution in [0.4, 0.5) is 0 Å². The Hall–Kier alpha value is -0.670. The van der Waals surface area contributed by atoms with E-state index in [1.54, 1.807) is 0 Å². The van der Waals surface area contributed by atoms with Crippen molar-refractivity contribution in [2.45, 2.75) is 26.3 Å². The second-order valence-electron chi connectivity index (χ2n) is 5.52. The van der Waals surface area contributed by atoms with Gasteiger partial charge in [-0.3, -0.25) is 4.79 Å². The van der Waals surface area contributed by atoms with Gasteiger partial charge in [0.2, 0.25) is 5.91 Å². The Morgan fingerprint density at radius 3 is 2.50 bits per heavy atom. The summed E-state index contributed by atoms with van der Waals surface area (Å²) in [5.74, 6) is 1.09. The van der Waals surface area contributed by atoms with Crippen molar-refractivity contribution in [3.8, 4) is 0 Å². The number of hydrogen-bond donors (Lipinski definition) is 3. The Morgan fingerprint density at radius 1 is 1.29 bits per heavy atom. The highest BCUT2D eigenvalue weighted by Crippen LogP contribution is 2.28. The molecule has 136 valence electrons. The van der Waals surface area contributed by atoms with Crippen molar-refractivity contribution < 1.29 is 4.79 Å². The number of carbonyl (C=O) groups is 1. The largest absolute Gasteiger partial charge is 0.357 e. The Labute approximate surface area is 169 Å². The molecule has 9 heteroatoms. The molecule has 0 saturated heterocycles. The van der Waals surface area contributed by atoms with Gasteiger partial charge in [-0.1, -0.05) is 23.2 Å². The molecule has 1 fully saturated rings. The fraction of sp³-hybridized carbons (Fsp3) is 0.600. The number of amides is 1. The maximum absolute atomic E-state index is 11.5. The quantitative estimate of drug-likeness (QED) is 0.239. The van der Waals surface area contributed by atoms with Crippen molar-refractivity contribution in [2.24, 2.45) is 18.0 Å². The van der Waals surface area contributed by atoms with Gasteiger partial charge in [0.15, 0.2) is 5.96 Å². The maximum Gasteiger partial charge on any atom is 0.223 e. The van der Waals surface area contributed by atoms with E-state index in [4.69, 9.17) is 23.2 Å². The van der Waals surface area contributed by atoms with E-state index in [0.717, 1.165) is 25.1 Å². The number of guanidine groups is 1. The van der Waals surface area contributed by atoms with Crippen molar-refractivity contribution in [1.82, 2.24) is 20.5 Å². The number of hydrogen-bond acceptors (Lipinski definition) is 2. The normalized spacial score (nSPS) is 14.1. The van der Waals surface area contributed by atoms with Gasteiger partial charge in [0.05, 0.1) is 11.6 Å². The minimum Gasteiger partial charge on any atom is -0.357 e. The summed E-state index contributed by atoms with van der Waals surface area (Å²) < 4.78 is 1.81. The highest BCUT2D eigenvalue weighted by Gasteiger charge is 2.28. The first-order valence-electron chi connectivity index (χ1n) is 7.82. The van der Waals surface area contributed by atoms with Crippen LogP contribution in [0.3, 0.4) is 0 Å². The topological polar surface area (TPSA) is 70.5 Å². The second kappa shape index (κ2) is 10.4. The molecule has 6 nitrogen and oxygen atoms in total. The molecule has 0 aliphatic heterocycles. The van der Waals surface area contributed by atoms with Gasteiger partial charge in [-0.05, 0) is 25.8 Å². The fourth-order valence-electron chi connectivity index (χ4n) is 2.10. The molecular weight excluding hydrogens is 464 g/mol. The number of rotatable bonds is 7. The molecular formula is C15H24Cl2IN5O. The Balaban J connectivity index is 0.00000288. The molecule has 1 aliphatic carbocycles. The van der Waals surface area contributed by atoms with E-state index in [2.05, 4.69) is 20.9 Å². The van der Waals surface area contributed by atoms with Crippen molar-refractivity contribution in [3.63, 3.8) is 0 Å². The zero-order valence-corrected chi connectivity index (χ0v) is 17.7. The van der Waals surface area contributed by atoms with Gasteiger partial charge in [-0.25, -0.2) is 4.99 Å². The molecule has 1 heterocycles. The zero-order valence-electron chi connectivity index (χ0n) is 13.9. The van der Waals surface area contributed by atoms with Crippen LogP contribution in [0.15, 0.2) is 11.1 Å². The first-order valence-corrected chi connectivity index (χ1v) is 8.58. The lowest BCUT2D eigenvalue weighted by Gasteiger charge is -2.12. The lowest BCUT2D eigenvalue weighted by molar-refractivity contribution is -0.122. The second-order valence-corrected chi connectivity index (χ2v) is 6.29. The van der Waals surface area contributed by atoms with Gasteiger partial charge < -0.3 is 20.5 Å². The van der Waals surface area contributed by atoms with Crippen LogP contribution in [0.25, 0.3) is 0 Å². The minimum absolute atomic E-state index is 0. The highest BCUT2D eigenvalue weighted by atomic mass is 127. The van der Waals surface area contributed by atoms with Crippen LogP contribution in [-0.4, -0.2) is 36.1 Å². The Kier molecular flexibility index (Phi) is 9.22. The predicted octanol–water partition coefficient (Wildman–Crippen LogP) is 2.53. The molecule has 24 heavy (non-hydrogen) atoms. The van der Waals surface area contributed by atoms with Crippen molar-refractivity contribution >= 4 is 59.0 Å². The molecule has 0 unspecified atom stereocenters. The van der Waals surface area contributed by atoms with Gasteiger partial charge in [0.1, 0.15) is 5.15 Å². The number of aromatic nitrogens is 1. The lowest BCUT2D eigenvalue weighted by Crippen LogP contribution is -2.41. The summed E-state index contributed by atoms with van der Waals surface area (Å²) in [6.45, 7) is 4.43.